The number of methoxy groups -OCH3 is 1. The number of halogens is 1. The van der Waals surface area contributed by atoms with Gasteiger partial charge in [-0.2, -0.15) is 0 Å². The van der Waals surface area contributed by atoms with Crippen molar-refractivity contribution >= 4 is 29.2 Å². The molecule has 1 amide bonds. The summed E-state index contributed by atoms with van der Waals surface area (Å²) in [6.45, 7) is 8.26. The molecule has 5 nitrogen and oxygen atoms in total. The molecule has 0 radical (unpaired) electrons. The largest absolute Gasteiger partial charge is 0.465 e. The minimum atomic E-state index is -0.489. The van der Waals surface area contributed by atoms with Gasteiger partial charge >= 0.3 is 5.97 Å². The Balaban J connectivity index is 2.11. The number of amides is 1. The SMILES string of the molecule is CCN(Cc1ccc(C(=O)Nc2cc(C(=O)OC)ccc2Cl)cc1)C(C)C. The molecule has 0 spiro atoms. The molecule has 6 heteroatoms. The van der Waals surface area contributed by atoms with Crippen LogP contribution in [0.25, 0.3) is 0 Å². The quantitative estimate of drug-likeness (QED) is 0.703. The van der Waals surface area contributed by atoms with Crippen LogP contribution in [0.4, 0.5) is 5.69 Å². The molecule has 0 heterocycles. The highest BCUT2D eigenvalue weighted by Gasteiger charge is 2.13. The Morgan fingerprint density at radius 1 is 1.11 bits per heavy atom. The molecule has 0 saturated carbocycles. The van der Waals surface area contributed by atoms with Crippen LogP contribution in [0.3, 0.4) is 0 Å². The number of hydrogen-bond donors (Lipinski definition) is 1. The first-order valence-corrected chi connectivity index (χ1v) is 9.25. The Morgan fingerprint density at radius 2 is 1.74 bits per heavy atom. The lowest BCUT2D eigenvalue weighted by Gasteiger charge is -2.24. The first kappa shape index (κ1) is 20.9. The molecule has 144 valence electrons. The predicted molar refractivity (Wildman–Crippen MR) is 108 cm³/mol. The van der Waals surface area contributed by atoms with E-state index in [0.29, 0.717) is 27.9 Å². The van der Waals surface area contributed by atoms with Crippen LogP contribution >= 0.6 is 11.6 Å². The van der Waals surface area contributed by atoms with E-state index in [0.717, 1.165) is 18.7 Å². The summed E-state index contributed by atoms with van der Waals surface area (Å²) >= 11 is 6.13. The van der Waals surface area contributed by atoms with Crippen LogP contribution in [-0.4, -0.2) is 36.5 Å². The van der Waals surface area contributed by atoms with Crippen LogP contribution < -0.4 is 5.32 Å². The van der Waals surface area contributed by atoms with E-state index in [4.69, 9.17) is 16.3 Å². The number of anilines is 1. The van der Waals surface area contributed by atoms with Crippen molar-refractivity contribution in [1.29, 1.82) is 0 Å². The lowest BCUT2D eigenvalue weighted by molar-refractivity contribution is 0.0600. The van der Waals surface area contributed by atoms with Crippen molar-refractivity contribution in [2.45, 2.75) is 33.4 Å². The molecular weight excluding hydrogens is 364 g/mol. The van der Waals surface area contributed by atoms with Gasteiger partial charge in [-0.05, 0) is 56.3 Å². The molecule has 0 fully saturated rings. The zero-order valence-electron chi connectivity index (χ0n) is 16.1. The Hall–Kier alpha value is -2.37. The van der Waals surface area contributed by atoms with E-state index in [1.54, 1.807) is 24.3 Å². The van der Waals surface area contributed by atoms with Gasteiger partial charge in [0, 0.05) is 18.2 Å². The number of nitrogens with one attached hydrogen (secondary N) is 1. The lowest BCUT2D eigenvalue weighted by Crippen LogP contribution is -2.29. The summed E-state index contributed by atoms with van der Waals surface area (Å²) in [7, 11) is 1.30. The molecule has 0 aliphatic carbocycles. The van der Waals surface area contributed by atoms with Crippen LogP contribution in [-0.2, 0) is 11.3 Å². The molecule has 2 aromatic carbocycles. The number of ether oxygens (including phenoxy) is 1. The van der Waals surface area contributed by atoms with Gasteiger partial charge in [0.2, 0.25) is 0 Å². The van der Waals surface area contributed by atoms with Gasteiger partial charge in [-0.15, -0.1) is 0 Å². The van der Waals surface area contributed by atoms with Crippen molar-refractivity contribution in [3.63, 3.8) is 0 Å². The molecule has 0 saturated heterocycles. The van der Waals surface area contributed by atoms with Gasteiger partial charge in [0.15, 0.2) is 0 Å². The Bertz CT molecular complexity index is 804. The van der Waals surface area contributed by atoms with Crippen molar-refractivity contribution in [2.24, 2.45) is 0 Å². The molecule has 0 aliphatic rings. The second-order valence-electron chi connectivity index (χ2n) is 6.49. The molecule has 2 aromatic rings. The summed E-state index contributed by atoms with van der Waals surface area (Å²) in [5.74, 6) is -0.779. The molecule has 0 bridgehead atoms. The number of nitrogens with zero attached hydrogens (tertiary/aromatic N) is 1. The van der Waals surface area contributed by atoms with Crippen molar-refractivity contribution in [1.82, 2.24) is 4.90 Å². The van der Waals surface area contributed by atoms with Crippen LogP contribution in [0.5, 0.6) is 0 Å². The first-order chi connectivity index (χ1) is 12.8. The fourth-order valence-electron chi connectivity index (χ4n) is 2.72. The van der Waals surface area contributed by atoms with E-state index in [1.807, 2.05) is 12.1 Å². The maximum Gasteiger partial charge on any atom is 0.337 e. The molecule has 27 heavy (non-hydrogen) atoms. The molecular formula is C21H25ClN2O3. The topological polar surface area (TPSA) is 58.6 Å². The third-order valence-corrected chi connectivity index (χ3v) is 4.70. The predicted octanol–water partition coefficient (Wildman–Crippen LogP) is 4.61. The average Bonchev–Trinajstić information content (AvgIpc) is 2.67. The summed E-state index contributed by atoms with van der Waals surface area (Å²) < 4.78 is 4.69. The lowest BCUT2D eigenvalue weighted by atomic mass is 10.1. The van der Waals surface area contributed by atoms with Gasteiger partial charge in [0.1, 0.15) is 0 Å². The van der Waals surface area contributed by atoms with E-state index >= 15 is 0 Å². The summed E-state index contributed by atoms with van der Waals surface area (Å²) in [4.78, 5) is 26.5. The number of carbonyl (C=O) groups is 2. The van der Waals surface area contributed by atoms with E-state index in [9.17, 15) is 9.59 Å². The van der Waals surface area contributed by atoms with Crippen LogP contribution in [0.2, 0.25) is 5.02 Å². The maximum atomic E-state index is 12.5. The van der Waals surface area contributed by atoms with E-state index in [-0.39, 0.29) is 5.91 Å². The number of benzene rings is 2. The summed E-state index contributed by atoms with van der Waals surface area (Å²) in [5.41, 5.74) is 2.35. The molecule has 2 rings (SSSR count). The smallest absolute Gasteiger partial charge is 0.337 e. The second kappa shape index (κ2) is 9.53. The third-order valence-electron chi connectivity index (χ3n) is 4.37. The Labute approximate surface area is 165 Å². The van der Waals surface area contributed by atoms with Crippen LogP contribution in [0, 0.1) is 0 Å². The minimum absolute atomic E-state index is 0.290. The van der Waals surface area contributed by atoms with Gasteiger partial charge in [0.05, 0.1) is 23.4 Å². The van der Waals surface area contributed by atoms with E-state index in [1.165, 1.54) is 13.2 Å². The first-order valence-electron chi connectivity index (χ1n) is 8.88. The van der Waals surface area contributed by atoms with Gasteiger partial charge < -0.3 is 10.1 Å². The van der Waals surface area contributed by atoms with Gasteiger partial charge in [0.25, 0.3) is 5.91 Å². The normalized spacial score (nSPS) is 10.9. The average molecular weight is 389 g/mol. The van der Waals surface area contributed by atoms with Gasteiger partial charge in [-0.1, -0.05) is 30.7 Å². The summed E-state index contributed by atoms with van der Waals surface area (Å²) in [6, 6.07) is 12.5. The molecule has 0 unspecified atom stereocenters. The summed E-state index contributed by atoms with van der Waals surface area (Å²) in [5, 5.41) is 3.10. The molecule has 0 aliphatic heterocycles. The standard InChI is InChI=1S/C21H25ClN2O3/c1-5-24(14(2)3)13-15-6-8-16(9-7-15)20(25)23-19-12-17(21(26)27-4)10-11-18(19)22/h6-12,14H,5,13H2,1-4H3,(H,23,25). The number of hydrogen-bond acceptors (Lipinski definition) is 4. The maximum absolute atomic E-state index is 12.5. The number of rotatable bonds is 7. The minimum Gasteiger partial charge on any atom is -0.465 e. The number of esters is 1. The summed E-state index contributed by atoms with van der Waals surface area (Å²) in [6.07, 6.45) is 0. The second-order valence-corrected chi connectivity index (χ2v) is 6.90. The molecule has 0 atom stereocenters. The highest BCUT2D eigenvalue weighted by atomic mass is 35.5. The third kappa shape index (κ3) is 5.55. The highest BCUT2D eigenvalue weighted by Crippen LogP contribution is 2.24. The molecule has 1 N–H and O–H groups in total. The highest BCUT2D eigenvalue weighted by molar-refractivity contribution is 6.34. The Morgan fingerprint density at radius 3 is 2.30 bits per heavy atom. The van der Waals surface area contributed by atoms with Gasteiger partial charge in [-0.25, -0.2) is 4.79 Å². The van der Waals surface area contributed by atoms with Crippen molar-refractivity contribution in [2.75, 3.05) is 19.0 Å². The van der Waals surface area contributed by atoms with Crippen LogP contribution in [0.15, 0.2) is 42.5 Å². The number of carbonyl (C=O) groups excluding carboxylic acids is 2. The fourth-order valence-corrected chi connectivity index (χ4v) is 2.88. The monoisotopic (exact) mass is 388 g/mol. The Kier molecular flexibility index (Phi) is 7.39. The van der Waals surface area contributed by atoms with Crippen molar-refractivity contribution < 1.29 is 14.3 Å². The van der Waals surface area contributed by atoms with Crippen LogP contribution in [0.1, 0.15) is 47.1 Å². The van der Waals surface area contributed by atoms with E-state index in [2.05, 4.69) is 31.0 Å². The molecule has 0 aromatic heterocycles. The zero-order valence-corrected chi connectivity index (χ0v) is 16.8. The fraction of sp³-hybridized carbons (Fsp3) is 0.333. The van der Waals surface area contributed by atoms with E-state index < -0.39 is 5.97 Å². The van der Waals surface area contributed by atoms with Crippen molar-refractivity contribution in [3.8, 4) is 0 Å². The van der Waals surface area contributed by atoms with Gasteiger partial charge in [-0.3, -0.25) is 9.69 Å². The zero-order chi connectivity index (χ0) is 20.0. The van der Waals surface area contributed by atoms with Crippen molar-refractivity contribution in [3.05, 3.63) is 64.2 Å².